The SMILES string of the molecule is CN=C(NCc1ccc(OC)cc1OC)NCC1CCCS1. The van der Waals surface area contributed by atoms with Crippen molar-refractivity contribution in [2.45, 2.75) is 24.6 Å². The largest absolute Gasteiger partial charge is 0.497 e. The first-order valence-corrected chi connectivity index (χ1v) is 8.58. The molecule has 0 aliphatic carbocycles. The number of thioether (sulfide) groups is 1. The summed E-state index contributed by atoms with van der Waals surface area (Å²) < 4.78 is 10.6. The summed E-state index contributed by atoms with van der Waals surface area (Å²) in [6.07, 6.45) is 2.62. The van der Waals surface area contributed by atoms with Gasteiger partial charge in [0.2, 0.25) is 0 Å². The smallest absolute Gasteiger partial charge is 0.191 e. The summed E-state index contributed by atoms with van der Waals surface area (Å²) >= 11 is 2.04. The molecule has 6 heteroatoms. The number of hydrogen-bond acceptors (Lipinski definition) is 4. The van der Waals surface area contributed by atoms with E-state index in [0.717, 1.165) is 29.6 Å². The van der Waals surface area contributed by atoms with E-state index in [1.165, 1.54) is 18.6 Å². The average Bonchev–Trinajstić information content (AvgIpc) is 3.08. The normalized spacial score (nSPS) is 18.1. The highest BCUT2D eigenvalue weighted by molar-refractivity contribution is 8.00. The standard InChI is InChI=1S/C16H25N3O2S/c1-17-16(19-11-14-5-4-8-22-14)18-10-12-6-7-13(20-2)9-15(12)21-3/h6-7,9,14H,4-5,8,10-11H2,1-3H3,(H2,17,18,19). The number of methoxy groups -OCH3 is 2. The van der Waals surface area contributed by atoms with Gasteiger partial charge in [-0.15, -0.1) is 0 Å². The van der Waals surface area contributed by atoms with Gasteiger partial charge in [-0.3, -0.25) is 4.99 Å². The van der Waals surface area contributed by atoms with E-state index in [-0.39, 0.29) is 0 Å². The predicted molar refractivity (Wildman–Crippen MR) is 93.2 cm³/mol. The summed E-state index contributed by atoms with van der Waals surface area (Å²) in [5.41, 5.74) is 1.07. The summed E-state index contributed by atoms with van der Waals surface area (Å²) in [6, 6.07) is 5.83. The zero-order chi connectivity index (χ0) is 15.8. The van der Waals surface area contributed by atoms with Gasteiger partial charge in [0.25, 0.3) is 0 Å². The molecule has 2 N–H and O–H groups in total. The van der Waals surface area contributed by atoms with Gasteiger partial charge in [-0.05, 0) is 30.7 Å². The molecule has 22 heavy (non-hydrogen) atoms. The van der Waals surface area contributed by atoms with Crippen LogP contribution in [0.4, 0.5) is 0 Å². The molecule has 0 spiro atoms. The van der Waals surface area contributed by atoms with Gasteiger partial charge in [0.1, 0.15) is 11.5 Å². The number of hydrogen-bond donors (Lipinski definition) is 2. The van der Waals surface area contributed by atoms with Crippen LogP contribution in [-0.4, -0.2) is 44.8 Å². The van der Waals surface area contributed by atoms with E-state index in [1.807, 2.05) is 30.0 Å². The topological polar surface area (TPSA) is 54.9 Å². The summed E-state index contributed by atoms with van der Waals surface area (Å²) in [5.74, 6) is 3.71. The Morgan fingerprint density at radius 2 is 2.18 bits per heavy atom. The van der Waals surface area contributed by atoms with Crippen LogP contribution in [-0.2, 0) is 6.54 Å². The molecule has 2 rings (SSSR count). The third kappa shape index (κ3) is 4.73. The minimum Gasteiger partial charge on any atom is -0.497 e. The van der Waals surface area contributed by atoms with E-state index in [9.17, 15) is 0 Å². The number of benzene rings is 1. The number of ether oxygens (including phenoxy) is 2. The van der Waals surface area contributed by atoms with Crippen LogP contribution >= 0.6 is 11.8 Å². The Morgan fingerprint density at radius 3 is 2.82 bits per heavy atom. The van der Waals surface area contributed by atoms with Crippen molar-refractivity contribution in [1.29, 1.82) is 0 Å². The van der Waals surface area contributed by atoms with E-state index < -0.39 is 0 Å². The molecule has 122 valence electrons. The number of aliphatic imine (C=N–C) groups is 1. The second-order valence-corrected chi connectivity index (χ2v) is 6.53. The Hall–Kier alpha value is -1.56. The Balaban J connectivity index is 1.87. The number of nitrogens with one attached hydrogen (secondary N) is 2. The highest BCUT2D eigenvalue weighted by Crippen LogP contribution is 2.25. The lowest BCUT2D eigenvalue weighted by Gasteiger charge is -2.16. The molecule has 0 radical (unpaired) electrons. The number of rotatable bonds is 6. The van der Waals surface area contributed by atoms with Crippen molar-refractivity contribution in [2.24, 2.45) is 4.99 Å². The number of guanidine groups is 1. The second-order valence-electron chi connectivity index (χ2n) is 5.12. The number of nitrogens with zero attached hydrogens (tertiary/aromatic N) is 1. The first-order valence-electron chi connectivity index (χ1n) is 7.54. The Bertz CT molecular complexity index is 502. The molecule has 5 nitrogen and oxygen atoms in total. The molecule has 0 amide bonds. The molecular formula is C16H25N3O2S. The average molecular weight is 323 g/mol. The fraction of sp³-hybridized carbons (Fsp3) is 0.562. The van der Waals surface area contributed by atoms with E-state index in [1.54, 1.807) is 21.3 Å². The van der Waals surface area contributed by atoms with E-state index in [2.05, 4.69) is 15.6 Å². The third-order valence-electron chi connectivity index (χ3n) is 3.69. The van der Waals surface area contributed by atoms with Crippen LogP contribution in [0.15, 0.2) is 23.2 Å². The maximum atomic E-state index is 5.41. The van der Waals surface area contributed by atoms with Crippen LogP contribution in [0, 0.1) is 0 Å². The van der Waals surface area contributed by atoms with Gasteiger partial charge in [0.15, 0.2) is 5.96 Å². The van der Waals surface area contributed by atoms with Gasteiger partial charge in [-0.25, -0.2) is 0 Å². The first kappa shape index (κ1) is 16.8. The van der Waals surface area contributed by atoms with Crippen molar-refractivity contribution < 1.29 is 9.47 Å². The van der Waals surface area contributed by atoms with E-state index in [4.69, 9.17) is 9.47 Å². The predicted octanol–water partition coefficient (Wildman–Crippen LogP) is 2.26. The molecule has 1 unspecified atom stereocenters. The van der Waals surface area contributed by atoms with Crippen molar-refractivity contribution in [1.82, 2.24) is 10.6 Å². The Morgan fingerprint density at radius 1 is 1.32 bits per heavy atom. The molecule has 0 bridgehead atoms. The van der Waals surface area contributed by atoms with E-state index in [0.29, 0.717) is 11.8 Å². The monoisotopic (exact) mass is 323 g/mol. The van der Waals surface area contributed by atoms with Crippen LogP contribution in [0.1, 0.15) is 18.4 Å². The zero-order valence-electron chi connectivity index (χ0n) is 13.5. The lowest BCUT2D eigenvalue weighted by Crippen LogP contribution is -2.39. The fourth-order valence-electron chi connectivity index (χ4n) is 2.41. The molecule has 0 aromatic heterocycles. The molecule has 1 fully saturated rings. The summed E-state index contributed by atoms with van der Waals surface area (Å²) in [4.78, 5) is 4.27. The van der Waals surface area contributed by atoms with Gasteiger partial charge < -0.3 is 20.1 Å². The van der Waals surface area contributed by atoms with Crippen LogP contribution < -0.4 is 20.1 Å². The van der Waals surface area contributed by atoms with Crippen molar-refractivity contribution in [2.75, 3.05) is 33.6 Å². The molecular weight excluding hydrogens is 298 g/mol. The molecule has 1 heterocycles. The minimum atomic E-state index is 0.657. The zero-order valence-corrected chi connectivity index (χ0v) is 14.3. The molecule has 1 atom stereocenters. The van der Waals surface area contributed by atoms with Crippen molar-refractivity contribution in [3.05, 3.63) is 23.8 Å². The lowest BCUT2D eigenvalue weighted by atomic mass is 10.2. The highest BCUT2D eigenvalue weighted by atomic mass is 32.2. The van der Waals surface area contributed by atoms with Crippen LogP contribution in [0.25, 0.3) is 0 Å². The maximum absolute atomic E-state index is 5.41. The second kappa shape index (κ2) is 8.78. The molecule has 1 aromatic rings. The van der Waals surface area contributed by atoms with Gasteiger partial charge in [-0.1, -0.05) is 0 Å². The third-order valence-corrected chi connectivity index (χ3v) is 5.08. The van der Waals surface area contributed by atoms with Crippen molar-refractivity contribution in [3.8, 4) is 11.5 Å². The van der Waals surface area contributed by atoms with Crippen LogP contribution in [0.2, 0.25) is 0 Å². The molecule has 1 saturated heterocycles. The highest BCUT2D eigenvalue weighted by Gasteiger charge is 2.15. The molecule has 1 aromatic carbocycles. The quantitative estimate of drug-likeness (QED) is 0.621. The minimum absolute atomic E-state index is 0.657. The van der Waals surface area contributed by atoms with Crippen molar-refractivity contribution >= 4 is 17.7 Å². The molecule has 1 aliphatic rings. The van der Waals surface area contributed by atoms with Gasteiger partial charge in [0, 0.05) is 37.0 Å². The van der Waals surface area contributed by atoms with Crippen LogP contribution in [0.5, 0.6) is 11.5 Å². The maximum Gasteiger partial charge on any atom is 0.191 e. The van der Waals surface area contributed by atoms with Gasteiger partial charge in [-0.2, -0.15) is 11.8 Å². The van der Waals surface area contributed by atoms with Crippen molar-refractivity contribution in [3.63, 3.8) is 0 Å². The van der Waals surface area contributed by atoms with E-state index >= 15 is 0 Å². The fourth-order valence-corrected chi connectivity index (χ4v) is 3.61. The first-order chi connectivity index (χ1) is 10.8. The molecule has 0 saturated carbocycles. The Labute approximate surface area is 136 Å². The summed E-state index contributed by atoms with van der Waals surface area (Å²) in [7, 11) is 5.12. The van der Waals surface area contributed by atoms with Gasteiger partial charge in [0.05, 0.1) is 14.2 Å². The summed E-state index contributed by atoms with van der Waals surface area (Å²) in [6.45, 7) is 1.62. The lowest BCUT2D eigenvalue weighted by molar-refractivity contribution is 0.390. The Kier molecular flexibility index (Phi) is 6.71. The summed E-state index contributed by atoms with van der Waals surface area (Å²) in [5, 5.41) is 7.43. The van der Waals surface area contributed by atoms with Crippen LogP contribution in [0.3, 0.4) is 0 Å². The molecule has 1 aliphatic heterocycles. The van der Waals surface area contributed by atoms with Gasteiger partial charge >= 0.3 is 0 Å².